The summed E-state index contributed by atoms with van der Waals surface area (Å²) in [6.07, 6.45) is 2.29. The number of halogens is 1. The predicted octanol–water partition coefficient (Wildman–Crippen LogP) is 3.93. The molecule has 0 radical (unpaired) electrons. The van der Waals surface area contributed by atoms with Crippen molar-refractivity contribution in [3.8, 4) is 5.69 Å². The molecule has 0 unspecified atom stereocenters. The van der Waals surface area contributed by atoms with Crippen LogP contribution in [0.4, 0.5) is 10.1 Å². The number of benzene rings is 2. The van der Waals surface area contributed by atoms with E-state index in [1.54, 1.807) is 6.07 Å². The van der Waals surface area contributed by atoms with Gasteiger partial charge in [0.2, 0.25) is 0 Å². The summed E-state index contributed by atoms with van der Waals surface area (Å²) in [5.41, 5.74) is 9.93. The summed E-state index contributed by atoms with van der Waals surface area (Å²) in [7, 11) is 0. The molecule has 0 atom stereocenters. The molecule has 1 aromatic heterocycles. The lowest BCUT2D eigenvalue weighted by atomic mass is 10.1. The van der Waals surface area contributed by atoms with Crippen LogP contribution in [-0.4, -0.2) is 9.55 Å². The quantitative estimate of drug-likeness (QED) is 0.723. The number of hydrogen-bond donors (Lipinski definition) is 1. The van der Waals surface area contributed by atoms with Gasteiger partial charge in [0.25, 0.3) is 0 Å². The Morgan fingerprint density at radius 3 is 2.81 bits per heavy atom. The maximum atomic E-state index is 13.9. The van der Waals surface area contributed by atoms with E-state index in [1.165, 1.54) is 6.07 Å². The Balaban J connectivity index is 2.06. The lowest BCUT2D eigenvalue weighted by Gasteiger charge is -2.12. The zero-order chi connectivity index (χ0) is 14.6. The highest BCUT2D eigenvalue weighted by atomic mass is 19.1. The molecule has 1 heterocycles. The van der Waals surface area contributed by atoms with Gasteiger partial charge in [-0.1, -0.05) is 6.07 Å². The Hall–Kier alpha value is -2.36. The summed E-state index contributed by atoms with van der Waals surface area (Å²) >= 11 is 0. The van der Waals surface area contributed by atoms with E-state index in [4.69, 9.17) is 10.7 Å². The fraction of sp³-hybridized carbons (Fsp3) is 0.235. The van der Waals surface area contributed by atoms with Crippen molar-refractivity contribution in [2.75, 3.05) is 5.73 Å². The SMILES string of the molecule is Cc1c(F)cccc1-n1c(C2CC2)nc2cc(N)ccc21. The molecular formula is C17H16FN3. The molecule has 1 aliphatic rings. The van der Waals surface area contributed by atoms with Crippen LogP contribution in [-0.2, 0) is 0 Å². The first-order chi connectivity index (χ1) is 10.1. The summed E-state index contributed by atoms with van der Waals surface area (Å²) in [6.45, 7) is 1.81. The second-order valence-corrected chi connectivity index (χ2v) is 5.71. The van der Waals surface area contributed by atoms with Crippen LogP contribution in [0.25, 0.3) is 16.7 Å². The first kappa shape index (κ1) is 12.4. The lowest BCUT2D eigenvalue weighted by Crippen LogP contribution is -2.03. The Morgan fingerprint density at radius 1 is 1.24 bits per heavy atom. The van der Waals surface area contributed by atoms with E-state index < -0.39 is 0 Å². The van der Waals surface area contributed by atoms with Gasteiger partial charge in [0.1, 0.15) is 11.6 Å². The van der Waals surface area contributed by atoms with E-state index in [9.17, 15) is 4.39 Å². The van der Waals surface area contributed by atoms with Crippen molar-refractivity contribution >= 4 is 16.7 Å². The van der Waals surface area contributed by atoms with Crippen LogP contribution in [0, 0.1) is 12.7 Å². The maximum absolute atomic E-state index is 13.9. The summed E-state index contributed by atoms with van der Waals surface area (Å²) in [5, 5.41) is 0. The zero-order valence-corrected chi connectivity index (χ0v) is 11.8. The van der Waals surface area contributed by atoms with Crippen molar-refractivity contribution in [1.29, 1.82) is 0 Å². The summed E-state index contributed by atoms with van der Waals surface area (Å²) in [5.74, 6) is 1.30. The van der Waals surface area contributed by atoms with Gasteiger partial charge >= 0.3 is 0 Å². The van der Waals surface area contributed by atoms with Crippen LogP contribution >= 0.6 is 0 Å². The van der Waals surface area contributed by atoms with Crippen molar-refractivity contribution in [2.45, 2.75) is 25.7 Å². The number of fused-ring (bicyclic) bond motifs is 1. The topological polar surface area (TPSA) is 43.8 Å². The molecule has 1 aliphatic carbocycles. The van der Waals surface area contributed by atoms with Crippen molar-refractivity contribution in [1.82, 2.24) is 9.55 Å². The molecule has 21 heavy (non-hydrogen) atoms. The van der Waals surface area contributed by atoms with Gasteiger partial charge in [0.15, 0.2) is 0 Å². The summed E-state index contributed by atoms with van der Waals surface area (Å²) < 4.78 is 16.0. The van der Waals surface area contributed by atoms with Gasteiger partial charge in [-0.15, -0.1) is 0 Å². The van der Waals surface area contributed by atoms with Gasteiger partial charge in [-0.25, -0.2) is 9.37 Å². The van der Waals surface area contributed by atoms with Crippen LogP contribution in [0.2, 0.25) is 0 Å². The fourth-order valence-electron chi connectivity index (χ4n) is 2.82. The molecule has 0 amide bonds. The molecule has 106 valence electrons. The van der Waals surface area contributed by atoms with Gasteiger partial charge in [0, 0.05) is 17.2 Å². The third-order valence-electron chi connectivity index (χ3n) is 4.13. The zero-order valence-electron chi connectivity index (χ0n) is 11.8. The Bertz CT molecular complexity index is 847. The van der Waals surface area contributed by atoms with Crippen molar-refractivity contribution in [3.05, 3.63) is 53.6 Å². The third kappa shape index (κ3) is 1.90. The predicted molar refractivity (Wildman–Crippen MR) is 82.2 cm³/mol. The van der Waals surface area contributed by atoms with E-state index in [1.807, 2.05) is 31.2 Å². The van der Waals surface area contributed by atoms with Crippen LogP contribution in [0.15, 0.2) is 36.4 Å². The first-order valence-electron chi connectivity index (χ1n) is 7.18. The molecule has 0 aliphatic heterocycles. The smallest absolute Gasteiger partial charge is 0.128 e. The Labute approximate surface area is 122 Å². The molecular weight excluding hydrogens is 265 g/mol. The second-order valence-electron chi connectivity index (χ2n) is 5.71. The molecule has 0 bridgehead atoms. The highest BCUT2D eigenvalue weighted by molar-refractivity contribution is 5.82. The molecule has 4 heteroatoms. The minimum atomic E-state index is -0.188. The average Bonchev–Trinajstić information content (AvgIpc) is 3.24. The first-order valence-corrected chi connectivity index (χ1v) is 7.18. The summed E-state index contributed by atoms with van der Waals surface area (Å²) in [4.78, 5) is 4.74. The average molecular weight is 281 g/mol. The number of aromatic nitrogens is 2. The maximum Gasteiger partial charge on any atom is 0.128 e. The number of anilines is 1. The number of nitrogens with zero attached hydrogens (tertiary/aromatic N) is 2. The Morgan fingerprint density at radius 2 is 2.05 bits per heavy atom. The number of nitrogen functional groups attached to an aromatic ring is 1. The fourth-order valence-corrected chi connectivity index (χ4v) is 2.82. The molecule has 0 spiro atoms. The molecule has 2 N–H and O–H groups in total. The number of nitrogens with two attached hydrogens (primary N) is 1. The van der Waals surface area contributed by atoms with Crippen LogP contribution in [0.5, 0.6) is 0 Å². The molecule has 3 nitrogen and oxygen atoms in total. The highest BCUT2D eigenvalue weighted by Crippen LogP contribution is 2.42. The van der Waals surface area contributed by atoms with Crippen molar-refractivity contribution in [2.24, 2.45) is 0 Å². The van der Waals surface area contributed by atoms with E-state index in [2.05, 4.69) is 4.57 Å². The van der Waals surface area contributed by atoms with Crippen LogP contribution < -0.4 is 5.73 Å². The molecule has 2 aromatic carbocycles. The van der Waals surface area contributed by atoms with Crippen LogP contribution in [0.3, 0.4) is 0 Å². The molecule has 3 aromatic rings. The number of hydrogen-bond acceptors (Lipinski definition) is 2. The van der Waals surface area contributed by atoms with Gasteiger partial charge in [0.05, 0.1) is 16.7 Å². The molecule has 0 saturated heterocycles. The van der Waals surface area contributed by atoms with E-state index >= 15 is 0 Å². The minimum Gasteiger partial charge on any atom is -0.399 e. The van der Waals surface area contributed by atoms with E-state index in [-0.39, 0.29) is 5.82 Å². The standard InChI is InChI=1S/C17H16FN3/c1-10-13(18)3-2-4-15(10)21-16-8-7-12(19)9-14(16)20-17(21)11-5-6-11/h2-4,7-9,11H,5-6,19H2,1H3. The third-order valence-corrected chi connectivity index (χ3v) is 4.13. The van der Waals surface area contributed by atoms with Gasteiger partial charge in [-0.3, -0.25) is 4.57 Å². The number of rotatable bonds is 2. The van der Waals surface area contributed by atoms with Crippen molar-refractivity contribution < 1.29 is 4.39 Å². The molecule has 4 rings (SSSR count). The normalized spacial score (nSPS) is 14.8. The van der Waals surface area contributed by atoms with Gasteiger partial charge < -0.3 is 5.73 Å². The van der Waals surface area contributed by atoms with Gasteiger partial charge in [-0.05, 0) is 50.1 Å². The molecule has 1 fully saturated rings. The number of imidazole rings is 1. The van der Waals surface area contributed by atoms with Crippen LogP contribution in [0.1, 0.15) is 30.1 Å². The van der Waals surface area contributed by atoms with E-state index in [0.717, 1.165) is 35.4 Å². The van der Waals surface area contributed by atoms with Gasteiger partial charge in [-0.2, -0.15) is 0 Å². The lowest BCUT2D eigenvalue weighted by molar-refractivity contribution is 0.616. The monoisotopic (exact) mass is 281 g/mol. The van der Waals surface area contributed by atoms with Crippen molar-refractivity contribution in [3.63, 3.8) is 0 Å². The molecule has 1 saturated carbocycles. The second kappa shape index (κ2) is 4.32. The highest BCUT2D eigenvalue weighted by Gasteiger charge is 2.30. The van der Waals surface area contributed by atoms with E-state index in [0.29, 0.717) is 17.2 Å². The largest absolute Gasteiger partial charge is 0.399 e. The summed E-state index contributed by atoms with van der Waals surface area (Å²) in [6, 6.07) is 10.9. The minimum absolute atomic E-state index is 0.188. The Kier molecular flexibility index (Phi) is 2.55.